The third kappa shape index (κ3) is 8.70. The summed E-state index contributed by atoms with van der Waals surface area (Å²) in [6, 6.07) is 8.54. The number of anilines is 1. The number of nitrogens with zero attached hydrogens (tertiary/aromatic N) is 3. The SMILES string of the molecule is CCS(=O)(=O)c1ccc([C@H](CO)NC(=O)c2cnc(N3CC(c4ccc(C(F)(F)F)cc4)CC[C@H]3COC(F)(F)F)nc2)cc1. The van der Waals surface area contributed by atoms with E-state index in [4.69, 9.17) is 0 Å². The molecule has 16 heteroatoms. The van der Waals surface area contributed by atoms with Crippen LogP contribution in [-0.2, 0) is 20.8 Å². The van der Waals surface area contributed by atoms with Crippen LogP contribution in [0.15, 0.2) is 65.8 Å². The summed E-state index contributed by atoms with van der Waals surface area (Å²) < 4.78 is 106. The van der Waals surface area contributed by atoms with Gasteiger partial charge in [0.25, 0.3) is 5.91 Å². The Balaban J connectivity index is 1.50. The summed E-state index contributed by atoms with van der Waals surface area (Å²) in [5.74, 6) is -1.12. The number of benzene rings is 2. The first-order valence-corrected chi connectivity index (χ1v) is 15.5. The molecule has 1 saturated heterocycles. The standard InChI is InChI=1S/C29H30F6N4O5S/c1-2-45(42,43)24-11-6-19(7-12-24)25(16-40)38-26(41)21-13-36-27(37-14-21)39-15-20(5-10-23(39)17-44-29(33,34)35)18-3-8-22(9-4-18)28(30,31)32/h3-4,6-9,11-14,20,23,25,40H,2,5,10,15-17H2,1H3,(H,38,41)/t20?,23-,25-/m0/s1. The number of ether oxygens (including phenoxy) is 1. The smallest absolute Gasteiger partial charge is 0.394 e. The van der Waals surface area contributed by atoms with E-state index in [0.29, 0.717) is 17.5 Å². The fourth-order valence-corrected chi connectivity index (χ4v) is 5.87. The zero-order chi connectivity index (χ0) is 33.0. The third-order valence-corrected chi connectivity index (χ3v) is 9.27. The third-order valence-electron chi connectivity index (χ3n) is 7.52. The molecule has 0 aliphatic carbocycles. The van der Waals surface area contributed by atoms with Gasteiger partial charge < -0.3 is 15.3 Å². The minimum atomic E-state index is -4.88. The second kappa shape index (κ2) is 13.7. The molecule has 1 unspecified atom stereocenters. The van der Waals surface area contributed by atoms with Crippen molar-refractivity contribution in [2.24, 2.45) is 0 Å². The first-order valence-electron chi connectivity index (χ1n) is 13.8. The Morgan fingerprint density at radius 2 is 1.64 bits per heavy atom. The quantitative estimate of drug-likeness (QED) is 0.290. The molecule has 9 nitrogen and oxygen atoms in total. The van der Waals surface area contributed by atoms with Crippen molar-refractivity contribution >= 4 is 21.7 Å². The van der Waals surface area contributed by atoms with E-state index >= 15 is 0 Å². The molecular formula is C29H30F6N4O5S. The summed E-state index contributed by atoms with van der Waals surface area (Å²) in [4.78, 5) is 22.9. The second-order valence-electron chi connectivity index (χ2n) is 10.4. The van der Waals surface area contributed by atoms with Crippen LogP contribution in [0.1, 0.15) is 58.8 Å². The molecule has 3 aromatic rings. The van der Waals surface area contributed by atoms with Gasteiger partial charge >= 0.3 is 12.5 Å². The highest BCUT2D eigenvalue weighted by Gasteiger charge is 2.36. The predicted octanol–water partition coefficient (Wildman–Crippen LogP) is 5.04. The van der Waals surface area contributed by atoms with E-state index in [-0.39, 0.29) is 41.0 Å². The van der Waals surface area contributed by atoms with Crippen molar-refractivity contribution in [1.82, 2.24) is 15.3 Å². The van der Waals surface area contributed by atoms with Gasteiger partial charge in [0.05, 0.1) is 47.1 Å². The Kier molecular flexibility index (Phi) is 10.4. The van der Waals surface area contributed by atoms with Crippen LogP contribution in [0.5, 0.6) is 0 Å². The molecule has 0 radical (unpaired) electrons. The normalized spacial score (nSPS) is 18.4. The lowest BCUT2D eigenvalue weighted by Gasteiger charge is -2.40. The minimum absolute atomic E-state index is 0.00892. The van der Waals surface area contributed by atoms with Gasteiger partial charge in [-0.05, 0) is 48.2 Å². The van der Waals surface area contributed by atoms with Gasteiger partial charge in [0, 0.05) is 24.9 Å². The molecule has 0 bridgehead atoms. The summed E-state index contributed by atoms with van der Waals surface area (Å²) in [5, 5.41) is 12.5. The number of rotatable bonds is 10. The number of aromatic nitrogens is 2. The largest absolute Gasteiger partial charge is 0.522 e. The number of hydrogen-bond donors (Lipinski definition) is 2. The van der Waals surface area contributed by atoms with Crippen LogP contribution >= 0.6 is 0 Å². The Morgan fingerprint density at radius 1 is 1.02 bits per heavy atom. The predicted molar refractivity (Wildman–Crippen MR) is 150 cm³/mol. The van der Waals surface area contributed by atoms with Crippen molar-refractivity contribution in [3.05, 3.63) is 83.2 Å². The number of carbonyl (C=O) groups is 1. The topological polar surface area (TPSA) is 122 Å². The van der Waals surface area contributed by atoms with Gasteiger partial charge in [0.15, 0.2) is 9.84 Å². The number of carbonyl (C=O) groups excluding carboxylic acids is 1. The fraction of sp³-hybridized carbons (Fsp3) is 0.414. The zero-order valence-electron chi connectivity index (χ0n) is 23.8. The van der Waals surface area contributed by atoms with Crippen LogP contribution in [0.4, 0.5) is 32.3 Å². The fourth-order valence-electron chi connectivity index (χ4n) is 4.99. The number of nitrogens with one attached hydrogen (secondary N) is 1. The number of alkyl halides is 6. The highest BCUT2D eigenvalue weighted by Crippen LogP contribution is 2.35. The summed E-state index contributed by atoms with van der Waals surface area (Å²) in [5.41, 5.74) is 0.155. The molecule has 1 amide bonds. The van der Waals surface area contributed by atoms with E-state index in [1.165, 1.54) is 48.2 Å². The van der Waals surface area contributed by atoms with Crippen molar-refractivity contribution < 1.29 is 49.4 Å². The lowest BCUT2D eigenvalue weighted by atomic mass is 9.87. The number of hydrogen-bond acceptors (Lipinski definition) is 8. The van der Waals surface area contributed by atoms with Gasteiger partial charge in [-0.2, -0.15) is 13.2 Å². The number of amides is 1. The lowest BCUT2D eigenvalue weighted by molar-refractivity contribution is -0.326. The summed E-state index contributed by atoms with van der Waals surface area (Å²) in [6.07, 6.45) is -6.50. The van der Waals surface area contributed by atoms with Crippen LogP contribution < -0.4 is 10.2 Å². The Bertz CT molecular complexity index is 1550. The van der Waals surface area contributed by atoms with Crippen LogP contribution in [0, 0.1) is 0 Å². The Morgan fingerprint density at radius 3 is 2.18 bits per heavy atom. The van der Waals surface area contributed by atoms with Crippen molar-refractivity contribution in [3.63, 3.8) is 0 Å². The number of aliphatic hydroxyl groups excluding tert-OH is 1. The molecule has 0 spiro atoms. The molecule has 2 aromatic carbocycles. The molecule has 1 aliphatic rings. The van der Waals surface area contributed by atoms with Gasteiger partial charge in [-0.25, -0.2) is 18.4 Å². The molecule has 244 valence electrons. The Hall–Kier alpha value is -3.76. The molecule has 0 saturated carbocycles. The van der Waals surface area contributed by atoms with E-state index in [1.807, 2.05) is 0 Å². The first-order chi connectivity index (χ1) is 21.1. The molecule has 1 aromatic heterocycles. The molecule has 2 heterocycles. The number of aliphatic hydroxyl groups is 1. The van der Waals surface area contributed by atoms with E-state index in [9.17, 15) is 44.7 Å². The van der Waals surface area contributed by atoms with Crippen molar-refractivity contribution in [2.75, 3.05) is 30.4 Å². The van der Waals surface area contributed by atoms with Gasteiger partial charge in [0.2, 0.25) is 5.95 Å². The van der Waals surface area contributed by atoms with E-state index in [2.05, 4.69) is 20.0 Å². The van der Waals surface area contributed by atoms with Crippen LogP contribution in [0.25, 0.3) is 0 Å². The molecule has 3 atom stereocenters. The molecule has 1 fully saturated rings. The lowest BCUT2D eigenvalue weighted by Crippen LogP contribution is -2.47. The minimum Gasteiger partial charge on any atom is -0.394 e. The van der Waals surface area contributed by atoms with Crippen molar-refractivity contribution in [3.8, 4) is 0 Å². The van der Waals surface area contributed by atoms with Crippen molar-refractivity contribution in [2.45, 2.75) is 55.2 Å². The maximum Gasteiger partial charge on any atom is 0.522 e. The molecule has 45 heavy (non-hydrogen) atoms. The highest BCUT2D eigenvalue weighted by atomic mass is 32.2. The average Bonchev–Trinajstić information content (AvgIpc) is 3.02. The number of sulfone groups is 1. The second-order valence-corrected chi connectivity index (χ2v) is 12.7. The highest BCUT2D eigenvalue weighted by molar-refractivity contribution is 7.91. The number of halogens is 6. The maximum absolute atomic E-state index is 13.0. The monoisotopic (exact) mass is 660 g/mol. The molecule has 1 aliphatic heterocycles. The maximum atomic E-state index is 13.0. The summed E-state index contributed by atoms with van der Waals surface area (Å²) in [7, 11) is -3.44. The molecule has 2 N–H and O–H groups in total. The summed E-state index contributed by atoms with van der Waals surface area (Å²) >= 11 is 0. The summed E-state index contributed by atoms with van der Waals surface area (Å²) in [6.45, 7) is 0.349. The van der Waals surface area contributed by atoms with Crippen LogP contribution in [0.2, 0.25) is 0 Å². The Labute approximate surface area is 255 Å². The zero-order valence-corrected chi connectivity index (χ0v) is 24.7. The van der Waals surface area contributed by atoms with Crippen LogP contribution in [0.3, 0.4) is 0 Å². The average molecular weight is 661 g/mol. The van der Waals surface area contributed by atoms with Gasteiger partial charge in [-0.3, -0.25) is 9.53 Å². The number of piperidine rings is 1. The van der Waals surface area contributed by atoms with Gasteiger partial charge in [-0.15, -0.1) is 13.2 Å². The van der Waals surface area contributed by atoms with Gasteiger partial charge in [-0.1, -0.05) is 31.2 Å². The van der Waals surface area contributed by atoms with Gasteiger partial charge in [0.1, 0.15) is 0 Å². The van der Waals surface area contributed by atoms with Crippen molar-refractivity contribution in [1.29, 1.82) is 0 Å². The first kappa shape index (κ1) is 34.1. The van der Waals surface area contributed by atoms with E-state index in [1.54, 1.807) is 0 Å². The molecule has 4 rings (SSSR count). The van der Waals surface area contributed by atoms with E-state index in [0.717, 1.165) is 24.5 Å². The van der Waals surface area contributed by atoms with E-state index < -0.39 is 59.1 Å². The molecular weight excluding hydrogens is 630 g/mol. The van der Waals surface area contributed by atoms with Crippen LogP contribution in [-0.4, -0.2) is 67.3 Å².